The van der Waals surface area contributed by atoms with E-state index in [1.165, 1.54) is 42.5 Å². The lowest BCUT2D eigenvalue weighted by atomic mass is 10.2. The average Bonchev–Trinajstić information content (AvgIpc) is 3.29. The highest BCUT2D eigenvalue weighted by Gasteiger charge is 2.25. The molecule has 28 heavy (non-hydrogen) atoms. The van der Waals surface area contributed by atoms with Gasteiger partial charge in [0.1, 0.15) is 11.4 Å². The predicted octanol–water partition coefficient (Wildman–Crippen LogP) is 3.94. The lowest BCUT2D eigenvalue weighted by Crippen LogP contribution is -2.29. The van der Waals surface area contributed by atoms with E-state index in [0.29, 0.717) is 11.3 Å². The molecule has 0 saturated carbocycles. The van der Waals surface area contributed by atoms with Crippen molar-refractivity contribution in [1.29, 1.82) is 0 Å². The van der Waals surface area contributed by atoms with E-state index in [0.717, 1.165) is 4.90 Å². The Labute approximate surface area is 162 Å². The number of carbonyl (C=O) groups excluding carboxylic acids is 2. The van der Waals surface area contributed by atoms with Crippen LogP contribution in [0.15, 0.2) is 69.3 Å². The number of azo groups is 1. The average molecular weight is 396 g/mol. The van der Waals surface area contributed by atoms with Gasteiger partial charge in [0.2, 0.25) is 5.89 Å². The second kappa shape index (κ2) is 7.05. The number of phenolic OH excluding ortho intramolecular Hbond substituents is 1. The van der Waals surface area contributed by atoms with E-state index in [1.807, 2.05) is 0 Å². The molecule has 10 heteroatoms. The van der Waals surface area contributed by atoms with E-state index in [2.05, 4.69) is 20.4 Å². The SMILES string of the molecule is O=C1C=CC(=O)N1c1ccc(Cl)c(N=Nc2nnc(-c3ccc(O)cc3)o2)c1. The normalized spacial score (nSPS) is 13.8. The van der Waals surface area contributed by atoms with Crippen molar-refractivity contribution in [3.63, 3.8) is 0 Å². The molecule has 4 rings (SSSR count). The van der Waals surface area contributed by atoms with E-state index in [9.17, 15) is 14.7 Å². The molecule has 2 aromatic carbocycles. The molecule has 0 fully saturated rings. The lowest BCUT2D eigenvalue weighted by Gasteiger charge is -2.14. The van der Waals surface area contributed by atoms with Gasteiger partial charge >= 0.3 is 6.01 Å². The lowest BCUT2D eigenvalue weighted by molar-refractivity contribution is -0.119. The van der Waals surface area contributed by atoms with Gasteiger partial charge in [-0.15, -0.1) is 10.2 Å². The zero-order valence-electron chi connectivity index (χ0n) is 14.0. The molecular weight excluding hydrogens is 386 g/mol. The summed E-state index contributed by atoms with van der Waals surface area (Å²) in [5, 5.41) is 25.0. The summed E-state index contributed by atoms with van der Waals surface area (Å²) in [5.74, 6) is -0.590. The fraction of sp³-hybridized carbons (Fsp3) is 0. The van der Waals surface area contributed by atoms with E-state index in [1.54, 1.807) is 12.1 Å². The molecular formula is C18H10ClN5O4. The maximum Gasteiger partial charge on any atom is 0.361 e. The number of benzene rings is 2. The monoisotopic (exact) mass is 395 g/mol. The molecule has 9 nitrogen and oxygen atoms in total. The van der Waals surface area contributed by atoms with Gasteiger partial charge in [-0.3, -0.25) is 9.59 Å². The summed E-state index contributed by atoms with van der Waals surface area (Å²) >= 11 is 6.11. The second-order valence-corrected chi connectivity index (χ2v) is 6.02. The van der Waals surface area contributed by atoms with Crippen LogP contribution in [0.25, 0.3) is 11.5 Å². The first-order valence-corrected chi connectivity index (χ1v) is 8.29. The van der Waals surface area contributed by atoms with Gasteiger partial charge in [-0.2, -0.15) is 0 Å². The van der Waals surface area contributed by atoms with Crippen LogP contribution in [-0.4, -0.2) is 27.1 Å². The highest BCUT2D eigenvalue weighted by atomic mass is 35.5. The van der Waals surface area contributed by atoms with Gasteiger partial charge < -0.3 is 9.52 Å². The molecule has 0 bridgehead atoms. The van der Waals surface area contributed by atoms with Crippen LogP contribution in [0.5, 0.6) is 5.75 Å². The number of nitrogens with zero attached hydrogens (tertiary/aromatic N) is 5. The van der Waals surface area contributed by atoms with Gasteiger partial charge in [0, 0.05) is 17.7 Å². The van der Waals surface area contributed by atoms with Crippen LogP contribution in [0.3, 0.4) is 0 Å². The van der Waals surface area contributed by atoms with Crippen LogP contribution in [0.4, 0.5) is 17.4 Å². The quantitative estimate of drug-likeness (QED) is 0.527. The minimum absolute atomic E-state index is 0.112. The largest absolute Gasteiger partial charge is 0.508 e. The van der Waals surface area contributed by atoms with Crippen molar-refractivity contribution in [2.75, 3.05) is 4.90 Å². The molecule has 0 spiro atoms. The molecule has 2 heterocycles. The summed E-state index contributed by atoms with van der Waals surface area (Å²) in [5.41, 5.74) is 1.13. The Morgan fingerprint density at radius 2 is 1.68 bits per heavy atom. The molecule has 1 aliphatic rings. The number of aromatic hydroxyl groups is 1. The van der Waals surface area contributed by atoms with Crippen molar-refractivity contribution in [2.45, 2.75) is 0 Å². The van der Waals surface area contributed by atoms with Crippen molar-refractivity contribution >= 4 is 40.8 Å². The molecule has 1 aliphatic heterocycles. The molecule has 0 atom stereocenters. The summed E-state index contributed by atoms with van der Waals surface area (Å²) in [7, 11) is 0. The van der Waals surface area contributed by atoms with Gasteiger partial charge in [0.05, 0.1) is 10.7 Å². The van der Waals surface area contributed by atoms with Crippen LogP contribution in [0.2, 0.25) is 5.02 Å². The number of imide groups is 1. The van der Waals surface area contributed by atoms with Gasteiger partial charge in [0.15, 0.2) is 0 Å². The summed E-state index contributed by atoms with van der Waals surface area (Å²) < 4.78 is 5.40. The summed E-state index contributed by atoms with van der Waals surface area (Å²) in [4.78, 5) is 24.6. The minimum atomic E-state index is -0.453. The topological polar surface area (TPSA) is 121 Å². The standard InChI is InChI=1S/C18H10ClN5O4/c19-13-6-3-11(24-15(26)7-8-16(24)27)9-14(13)20-22-18-23-21-17(28-18)10-1-4-12(25)5-2-10/h1-9,25H. The zero-order chi connectivity index (χ0) is 19.7. The number of hydrogen-bond donors (Lipinski definition) is 1. The Hall–Kier alpha value is -3.85. The van der Waals surface area contributed by atoms with Gasteiger partial charge in [-0.05, 0) is 42.5 Å². The third-order valence-corrected chi connectivity index (χ3v) is 4.09. The van der Waals surface area contributed by atoms with Gasteiger partial charge in [-0.1, -0.05) is 21.8 Å². The number of hydrogen-bond acceptors (Lipinski definition) is 8. The molecule has 3 aromatic rings. The molecule has 0 saturated heterocycles. The van der Waals surface area contributed by atoms with Gasteiger partial charge in [-0.25, -0.2) is 4.90 Å². The minimum Gasteiger partial charge on any atom is -0.508 e. The Bertz CT molecular complexity index is 1120. The van der Waals surface area contributed by atoms with Crippen molar-refractivity contribution in [2.24, 2.45) is 10.2 Å². The Balaban J connectivity index is 1.58. The Morgan fingerprint density at radius 1 is 0.964 bits per heavy atom. The molecule has 0 unspecified atom stereocenters. The highest BCUT2D eigenvalue weighted by molar-refractivity contribution is 6.33. The fourth-order valence-corrected chi connectivity index (χ4v) is 2.60. The van der Waals surface area contributed by atoms with Crippen LogP contribution < -0.4 is 4.90 Å². The second-order valence-electron chi connectivity index (χ2n) is 5.62. The molecule has 138 valence electrons. The molecule has 1 N–H and O–H groups in total. The number of anilines is 1. The summed E-state index contributed by atoms with van der Waals surface area (Å²) in [6.45, 7) is 0. The fourth-order valence-electron chi connectivity index (χ4n) is 2.44. The Kier molecular flexibility index (Phi) is 4.42. The van der Waals surface area contributed by atoms with Crippen LogP contribution in [0.1, 0.15) is 0 Å². The maximum absolute atomic E-state index is 11.8. The number of phenols is 1. The van der Waals surface area contributed by atoms with E-state index in [-0.39, 0.29) is 28.4 Å². The van der Waals surface area contributed by atoms with Crippen molar-refractivity contribution in [3.8, 4) is 17.2 Å². The zero-order valence-corrected chi connectivity index (χ0v) is 14.7. The Morgan fingerprint density at radius 3 is 2.39 bits per heavy atom. The first kappa shape index (κ1) is 17.6. The number of aromatic nitrogens is 2. The van der Waals surface area contributed by atoms with Crippen molar-refractivity contribution in [3.05, 3.63) is 59.6 Å². The molecule has 1 aromatic heterocycles. The molecule has 0 aliphatic carbocycles. The maximum atomic E-state index is 11.8. The van der Waals surface area contributed by atoms with Gasteiger partial charge in [0.25, 0.3) is 11.8 Å². The first-order valence-electron chi connectivity index (χ1n) is 7.91. The number of carbonyl (C=O) groups is 2. The van der Waals surface area contributed by atoms with Crippen LogP contribution in [0, 0.1) is 0 Å². The van der Waals surface area contributed by atoms with Crippen molar-refractivity contribution in [1.82, 2.24) is 10.2 Å². The number of halogens is 1. The molecule has 0 radical (unpaired) electrons. The van der Waals surface area contributed by atoms with Crippen LogP contribution in [-0.2, 0) is 9.59 Å². The van der Waals surface area contributed by atoms with E-state index >= 15 is 0 Å². The predicted molar refractivity (Wildman–Crippen MR) is 98.7 cm³/mol. The summed E-state index contributed by atoms with van der Waals surface area (Å²) in [6, 6.07) is 10.6. The van der Waals surface area contributed by atoms with E-state index in [4.69, 9.17) is 16.0 Å². The first-order chi connectivity index (χ1) is 13.5. The summed E-state index contributed by atoms with van der Waals surface area (Å²) in [6.07, 6.45) is 2.36. The van der Waals surface area contributed by atoms with E-state index < -0.39 is 11.8 Å². The molecule has 2 amide bonds. The van der Waals surface area contributed by atoms with Crippen molar-refractivity contribution < 1.29 is 19.1 Å². The van der Waals surface area contributed by atoms with Crippen LogP contribution >= 0.6 is 11.6 Å². The smallest absolute Gasteiger partial charge is 0.361 e. The third kappa shape index (κ3) is 3.38. The third-order valence-electron chi connectivity index (χ3n) is 3.77. The number of amides is 2. The highest BCUT2D eigenvalue weighted by Crippen LogP contribution is 2.32. The number of rotatable bonds is 4.